The number of rotatable bonds is 3. The molecule has 0 unspecified atom stereocenters. The first-order valence-corrected chi connectivity index (χ1v) is 4.71. The van der Waals surface area contributed by atoms with Crippen molar-refractivity contribution < 1.29 is 19.4 Å². The van der Waals surface area contributed by atoms with Gasteiger partial charge in [0.2, 0.25) is 5.90 Å². The lowest BCUT2D eigenvalue weighted by atomic mass is 10.2. The molecule has 0 fully saturated rings. The summed E-state index contributed by atoms with van der Waals surface area (Å²) >= 11 is 0. The molecule has 0 spiro atoms. The van der Waals surface area contributed by atoms with E-state index in [0.717, 1.165) is 0 Å². The Bertz CT molecular complexity index is 452. The zero-order chi connectivity index (χ0) is 11.5. The smallest absolute Gasteiger partial charge is 0.338 e. The van der Waals surface area contributed by atoms with E-state index in [0.29, 0.717) is 5.56 Å². The van der Waals surface area contributed by atoms with E-state index >= 15 is 0 Å². The molecule has 0 bridgehead atoms. The molecule has 1 aromatic rings. The maximum Gasteiger partial charge on any atom is 0.338 e. The largest absolute Gasteiger partial charge is 0.550 e. The molecule has 2 rings (SSSR count). The van der Waals surface area contributed by atoms with Crippen LogP contribution in [0.2, 0.25) is 0 Å². The SMILES string of the molecule is O=C([O-])C[C@H]1N=C(c2ccccc2)OC1=O. The number of cyclic esters (lactones) is 1. The fraction of sp³-hybridized carbons (Fsp3) is 0.182. The third kappa shape index (κ3) is 2.08. The van der Waals surface area contributed by atoms with E-state index in [2.05, 4.69) is 4.99 Å². The number of ether oxygens (including phenoxy) is 1. The van der Waals surface area contributed by atoms with Crippen molar-refractivity contribution in [3.63, 3.8) is 0 Å². The lowest BCUT2D eigenvalue weighted by Gasteiger charge is -2.02. The van der Waals surface area contributed by atoms with Gasteiger partial charge in [0.25, 0.3) is 0 Å². The third-order valence-electron chi connectivity index (χ3n) is 2.12. The highest BCUT2D eigenvalue weighted by Gasteiger charge is 2.29. The van der Waals surface area contributed by atoms with Gasteiger partial charge in [-0.25, -0.2) is 9.79 Å². The van der Waals surface area contributed by atoms with Crippen molar-refractivity contribution >= 4 is 17.8 Å². The molecule has 1 aliphatic rings. The van der Waals surface area contributed by atoms with Crippen molar-refractivity contribution in [2.75, 3.05) is 0 Å². The average Bonchev–Trinajstić information content (AvgIpc) is 2.61. The zero-order valence-corrected chi connectivity index (χ0v) is 8.25. The Morgan fingerprint density at radius 3 is 2.69 bits per heavy atom. The minimum atomic E-state index is -1.32. The lowest BCUT2D eigenvalue weighted by Crippen LogP contribution is -2.29. The Morgan fingerprint density at radius 1 is 1.38 bits per heavy atom. The highest BCUT2D eigenvalue weighted by atomic mass is 16.6. The highest BCUT2D eigenvalue weighted by molar-refractivity contribution is 6.06. The van der Waals surface area contributed by atoms with Crippen molar-refractivity contribution in [2.24, 2.45) is 4.99 Å². The fourth-order valence-electron chi connectivity index (χ4n) is 1.38. The summed E-state index contributed by atoms with van der Waals surface area (Å²) in [6.45, 7) is 0. The quantitative estimate of drug-likeness (QED) is 0.640. The van der Waals surface area contributed by atoms with Gasteiger partial charge in [0.15, 0.2) is 6.04 Å². The summed E-state index contributed by atoms with van der Waals surface area (Å²) in [5, 5.41) is 10.4. The van der Waals surface area contributed by atoms with Crippen LogP contribution in [0.3, 0.4) is 0 Å². The summed E-state index contributed by atoms with van der Waals surface area (Å²) in [5.41, 5.74) is 0.650. The van der Waals surface area contributed by atoms with Gasteiger partial charge in [-0.2, -0.15) is 0 Å². The normalized spacial score (nSPS) is 19.1. The zero-order valence-electron chi connectivity index (χ0n) is 8.25. The first-order chi connectivity index (χ1) is 7.66. The molecule has 0 aromatic heterocycles. The number of esters is 1. The van der Waals surface area contributed by atoms with Crippen molar-refractivity contribution in [3.05, 3.63) is 35.9 Å². The summed E-state index contributed by atoms with van der Waals surface area (Å²) in [7, 11) is 0. The summed E-state index contributed by atoms with van der Waals surface area (Å²) in [4.78, 5) is 25.5. The van der Waals surface area contributed by atoms with E-state index in [9.17, 15) is 14.7 Å². The monoisotopic (exact) mass is 218 g/mol. The number of carboxylic acid groups (broad SMARTS) is 1. The van der Waals surface area contributed by atoms with Crippen molar-refractivity contribution in [1.29, 1.82) is 0 Å². The van der Waals surface area contributed by atoms with E-state index in [1.54, 1.807) is 24.3 Å². The molecule has 16 heavy (non-hydrogen) atoms. The van der Waals surface area contributed by atoms with Gasteiger partial charge < -0.3 is 14.6 Å². The van der Waals surface area contributed by atoms with Gasteiger partial charge in [0, 0.05) is 18.0 Å². The molecule has 0 radical (unpaired) electrons. The fourth-order valence-corrected chi connectivity index (χ4v) is 1.38. The van der Waals surface area contributed by atoms with Crippen LogP contribution >= 0.6 is 0 Å². The number of benzene rings is 1. The number of hydrogen-bond acceptors (Lipinski definition) is 5. The number of nitrogens with zero attached hydrogens (tertiary/aromatic N) is 1. The summed E-state index contributed by atoms with van der Waals surface area (Å²) in [6, 6.07) is 7.84. The van der Waals surface area contributed by atoms with Crippen LogP contribution in [0.5, 0.6) is 0 Å². The molecule has 1 atom stereocenters. The Balaban J connectivity index is 2.20. The minimum Gasteiger partial charge on any atom is -0.550 e. The average molecular weight is 218 g/mol. The first-order valence-electron chi connectivity index (χ1n) is 4.71. The Hall–Kier alpha value is -2.17. The topological polar surface area (TPSA) is 78.8 Å². The van der Waals surface area contributed by atoms with Crippen molar-refractivity contribution in [1.82, 2.24) is 0 Å². The summed E-state index contributed by atoms with van der Waals surface area (Å²) < 4.78 is 4.88. The lowest BCUT2D eigenvalue weighted by molar-refractivity contribution is -0.306. The van der Waals surface area contributed by atoms with Gasteiger partial charge in [-0.15, -0.1) is 0 Å². The van der Waals surface area contributed by atoms with E-state index in [1.165, 1.54) is 0 Å². The van der Waals surface area contributed by atoms with Gasteiger partial charge in [-0.3, -0.25) is 0 Å². The van der Waals surface area contributed by atoms with Crippen LogP contribution in [-0.4, -0.2) is 23.9 Å². The Kier molecular flexibility index (Phi) is 2.68. The molecule has 0 N–H and O–H groups in total. The molecule has 1 aliphatic heterocycles. The minimum absolute atomic E-state index is 0.164. The molecule has 0 amide bonds. The Labute approximate surface area is 91.4 Å². The van der Waals surface area contributed by atoms with Crippen LogP contribution in [0.25, 0.3) is 0 Å². The molecule has 1 heterocycles. The molecular weight excluding hydrogens is 210 g/mol. The molecule has 1 aromatic carbocycles. The first kappa shape index (κ1) is 10.4. The maximum atomic E-state index is 11.3. The number of aliphatic carboxylic acids is 1. The molecule has 0 saturated carbocycles. The van der Waals surface area contributed by atoms with Gasteiger partial charge in [0.1, 0.15) is 0 Å². The van der Waals surface area contributed by atoms with Gasteiger partial charge >= 0.3 is 5.97 Å². The maximum absolute atomic E-state index is 11.3. The van der Waals surface area contributed by atoms with Crippen molar-refractivity contribution in [2.45, 2.75) is 12.5 Å². The molecule has 5 nitrogen and oxygen atoms in total. The highest BCUT2D eigenvalue weighted by Crippen LogP contribution is 2.15. The second-order valence-electron chi connectivity index (χ2n) is 3.31. The summed E-state index contributed by atoms with van der Waals surface area (Å²) in [5.74, 6) is -1.81. The van der Waals surface area contributed by atoms with E-state index < -0.39 is 24.4 Å². The number of hydrogen-bond donors (Lipinski definition) is 0. The van der Waals surface area contributed by atoms with Crippen LogP contribution < -0.4 is 5.11 Å². The second-order valence-corrected chi connectivity index (χ2v) is 3.31. The number of carbonyl (C=O) groups excluding carboxylic acids is 2. The van der Waals surface area contributed by atoms with Crippen molar-refractivity contribution in [3.8, 4) is 0 Å². The van der Waals surface area contributed by atoms with E-state index in [-0.39, 0.29) is 5.90 Å². The third-order valence-corrected chi connectivity index (χ3v) is 2.12. The number of carboxylic acids is 1. The van der Waals surface area contributed by atoms with Gasteiger partial charge in [-0.05, 0) is 12.1 Å². The standard InChI is InChI=1S/C11H9NO4/c13-9(14)6-8-11(15)16-10(12-8)7-4-2-1-3-5-7/h1-5,8H,6H2,(H,13,14)/p-1/t8-/m1/s1. The van der Waals surface area contributed by atoms with Crippen LogP contribution in [0.15, 0.2) is 35.3 Å². The molecule has 0 saturated heterocycles. The predicted octanol–water partition coefficient (Wildman–Crippen LogP) is -0.501. The molecule has 0 aliphatic carbocycles. The van der Waals surface area contributed by atoms with Crippen LogP contribution in [0.4, 0.5) is 0 Å². The van der Waals surface area contributed by atoms with E-state index in [4.69, 9.17) is 4.74 Å². The number of aliphatic imine (C=N–C) groups is 1. The second kappa shape index (κ2) is 4.14. The molecular formula is C11H8NO4-. The number of carbonyl (C=O) groups is 2. The molecule has 5 heteroatoms. The van der Waals surface area contributed by atoms with E-state index in [1.807, 2.05) is 6.07 Å². The van der Waals surface area contributed by atoms with Crippen LogP contribution in [0, 0.1) is 0 Å². The van der Waals surface area contributed by atoms with Crippen LogP contribution in [0.1, 0.15) is 12.0 Å². The predicted molar refractivity (Wildman–Crippen MR) is 52.5 cm³/mol. The van der Waals surface area contributed by atoms with Gasteiger partial charge in [-0.1, -0.05) is 18.2 Å². The molecule has 82 valence electrons. The Morgan fingerprint density at radius 2 is 2.06 bits per heavy atom. The van der Waals surface area contributed by atoms with Crippen LogP contribution in [-0.2, 0) is 14.3 Å². The van der Waals surface area contributed by atoms with Gasteiger partial charge in [0.05, 0.1) is 0 Å². The summed E-state index contributed by atoms with van der Waals surface area (Å²) in [6.07, 6.45) is -0.449.